The lowest BCUT2D eigenvalue weighted by atomic mass is 10.2. The minimum atomic E-state index is -0.476. The summed E-state index contributed by atoms with van der Waals surface area (Å²) in [6, 6.07) is 12.0. The first kappa shape index (κ1) is 17.8. The molecule has 0 unspecified atom stereocenters. The molecule has 0 spiro atoms. The van der Waals surface area contributed by atoms with Crippen molar-refractivity contribution < 1.29 is 9.18 Å². The Balaban J connectivity index is 1.50. The van der Waals surface area contributed by atoms with E-state index < -0.39 is 5.82 Å². The number of nitrogens with one attached hydrogen (secondary N) is 1. The summed E-state index contributed by atoms with van der Waals surface area (Å²) in [5, 5.41) is 3.73. The Morgan fingerprint density at radius 2 is 1.84 bits per heavy atom. The Hall–Kier alpha value is -1.98. The first-order chi connectivity index (χ1) is 12.0. The van der Waals surface area contributed by atoms with Crippen LogP contribution < -0.4 is 10.2 Å². The molecule has 0 saturated carbocycles. The maximum atomic E-state index is 13.1. The van der Waals surface area contributed by atoms with E-state index in [-0.39, 0.29) is 17.5 Å². The number of rotatable bonds is 4. The Bertz CT molecular complexity index is 764. The standard InChI is InChI=1S/C18H18Cl2FN3O/c19-13-2-1-3-15(10-13)23-6-8-24(9-7-23)18(25)12-22-14-4-5-17(21)16(20)11-14/h1-5,10-11,22H,6-9,12H2. The van der Waals surface area contributed by atoms with Gasteiger partial charge in [-0.1, -0.05) is 29.3 Å². The van der Waals surface area contributed by atoms with Crippen molar-refractivity contribution >= 4 is 40.5 Å². The van der Waals surface area contributed by atoms with Crippen molar-refractivity contribution in [1.29, 1.82) is 0 Å². The van der Waals surface area contributed by atoms with Crippen molar-refractivity contribution in [3.63, 3.8) is 0 Å². The number of amides is 1. The van der Waals surface area contributed by atoms with E-state index in [1.54, 1.807) is 6.07 Å². The van der Waals surface area contributed by atoms with Crippen LogP contribution in [-0.2, 0) is 4.79 Å². The van der Waals surface area contributed by atoms with Gasteiger partial charge in [0.15, 0.2) is 0 Å². The van der Waals surface area contributed by atoms with E-state index in [9.17, 15) is 9.18 Å². The summed E-state index contributed by atoms with van der Waals surface area (Å²) in [7, 11) is 0. The maximum absolute atomic E-state index is 13.1. The van der Waals surface area contributed by atoms with Gasteiger partial charge < -0.3 is 15.1 Å². The van der Waals surface area contributed by atoms with Crippen LogP contribution in [0.1, 0.15) is 0 Å². The average Bonchev–Trinajstić information content (AvgIpc) is 2.62. The number of nitrogens with zero attached hydrogens (tertiary/aromatic N) is 2. The second-order valence-electron chi connectivity index (χ2n) is 5.83. The summed E-state index contributed by atoms with van der Waals surface area (Å²) in [5.74, 6) is -0.470. The van der Waals surface area contributed by atoms with Crippen LogP contribution in [0.3, 0.4) is 0 Å². The van der Waals surface area contributed by atoms with Gasteiger partial charge in [-0.05, 0) is 36.4 Å². The highest BCUT2D eigenvalue weighted by Crippen LogP contribution is 2.21. The minimum Gasteiger partial charge on any atom is -0.376 e. The average molecular weight is 382 g/mol. The van der Waals surface area contributed by atoms with E-state index >= 15 is 0 Å². The lowest BCUT2D eigenvalue weighted by Crippen LogP contribution is -2.50. The van der Waals surface area contributed by atoms with Crippen LogP contribution in [0.2, 0.25) is 10.0 Å². The number of anilines is 2. The fraction of sp³-hybridized carbons (Fsp3) is 0.278. The van der Waals surface area contributed by atoms with E-state index in [1.165, 1.54) is 12.1 Å². The van der Waals surface area contributed by atoms with E-state index in [0.717, 1.165) is 18.8 Å². The Labute approximate surface area is 156 Å². The van der Waals surface area contributed by atoms with Gasteiger partial charge in [0, 0.05) is 42.6 Å². The van der Waals surface area contributed by atoms with Crippen molar-refractivity contribution in [3.8, 4) is 0 Å². The number of benzene rings is 2. The molecule has 1 heterocycles. The molecule has 1 amide bonds. The number of halogens is 3. The summed E-state index contributed by atoms with van der Waals surface area (Å²) in [6.07, 6.45) is 0. The van der Waals surface area contributed by atoms with Gasteiger partial charge in [0.25, 0.3) is 0 Å². The molecule has 0 atom stereocenters. The van der Waals surface area contributed by atoms with Crippen molar-refractivity contribution in [2.24, 2.45) is 0 Å². The number of hydrogen-bond acceptors (Lipinski definition) is 3. The molecule has 0 radical (unpaired) electrons. The summed E-state index contributed by atoms with van der Waals surface area (Å²) < 4.78 is 13.1. The predicted octanol–water partition coefficient (Wildman–Crippen LogP) is 3.89. The smallest absolute Gasteiger partial charge is 0.241 e. The molecule has 1 saturated heterocycles. The molecule has 25 heavy (non-hydrogen) atoms. The third kappa shape index (κ3) is 4.55. The largest absolute Gasteiger partial charge is 0.376 e. The molecule has 3 rings (SSSR count). The SMILES string of the molecule is O=C(CNc1ccc(F)c(Cl)c1)N1CCN(c2cccc(Cl)c2)CC1. The van der Waals surface area contributed by atoms with E-state index in [2.05, 4.69) is 10.2 Å². The van der Waals surface area contributed by atoms with Gasteiger partial charge in [-0.25, -0.2) is 4.39 Å². The zero-order chi connectivity index (χ0) is 17.8. The normalized spacial score (nSPS) is 14.5. The fourth-order valence-corrected chi connectivity index (χ4v) is 3.15. The van der Waals surface area contributed by atoms with Crippen molar-refractivity contribution in [2.75, 3.05) is 42.9 Å². The molecule has 0 aromatic heterocycles. The first-order valence-electron chi connectivity index (χ1n) is 8.00. The molecule has 1 fully saturated rings. The number of piperazine rings is 1. The van der Waals surface area contributed by atoms with Gasteiger partial charge in [-0.2, -0.15) is 0 Å². The van der Waals surface area contributed by atoms with Crippen molar-refractivity contribution in [2.45, 2.75) is 0 Å². The van der Waals surface area contributed by atoms with Crippen LogP contribution >= 0.6 is 23.2 Å². The van der Waals surface area contributed by atoms with Crippen LogP contribution in [0.25, 0.3) is 0 Å². The topological polar surface area (TPSA) is 35.6 Å². The molecule has 0 aliphatic carbocycles. The maximum Gasteiger partial charge on any atom is 0.241 e. The first-order valence-corrected chi connectivity index (χ1v) is 8.76. The van der Waals surface area contributed by atoms with Gasteiger partial charge in [-0.3, -0.25) is 4.79 Å². The Morgan fingerprint density at radius 3 is 2.52 bits per heavy atom. The quantitative estimate of drug-likeness (QED) is 0.872. The molecule has 1 aliphatic heterocycles. The van der Waals surface area contributed by atoms with Crippen molar-refractivity contribution in [3.05, 3.63) is 58.3 Å². The summed E-state index contributed by atoms with van der Waals surface area (Å²) in [4.78, 5) is 16.4. The third-order valence-electron chi connectivity index (χ3n) is 4.17. The predicted molar refractivity (Wildman–Crippen MR) is 100 cm³/mol. The number of carbonyl (C=O) groups excluding carboxylic acids is 1. The van der Waals surface area contributed by atoms with Crippen LogP contribution in [0.5, 0.6) is 0 Å². The van der Waals surface area contributed by atoms with Crippen LogP contribution in [-0.4, -0.2) is 43.5 Å². The third-order valence-corrected chi connectivity index (χ3v) is 4.69. The number of hydrogen-bond donors (Lipinski definition) is 1. The molecular formula is C18H18Cl2FN3O. The van der Waals surface area contributed by atoms with E-state index in [1.807, 2.05) is 29.2 Å². The summed E-state index contributed by atoms with van der Waals surface area (Å²) >= 11 is 11.8. The van der Waals surface area contributed by atoms with Crippen molar-refractivity contribution in [1.82, 2.24) is 4.90 Å². The van der Waals surface area contributed by atoms with Gasteiger partial charge in [0.1, 0.15) is 5.82 Å². The molecule has 2 aromatic carbocycles. The zero-order valence-electron chi connectivity index (χ0n) is 13.5. The summed E-state index contributed by atoms with van der Waals surface area (Å²) in [5.41, 5.74) is 1.69. The minimum absolute atomic E-state index is 0.00573. The zero-order valence-corrected chi connectivity index (χ0v) is 15.0. The highest BCUT2D eigenvalue weighted by molar-refractivity contribution is 6.31. The fourth-order valence-electron chi connectivity index (χ4n) is 2.78. The van der Waals surface area contributed by atoms with Crippen LogP contribution in [0.15, 0.2) is 42.5 Å². The van der Waals surface area contributed by atoms with Crippen LogP contribution in [0, 0.1) is 5.82 Å². The molecule has 0 bridgehead atoms. The van der Waals surface area contributed by atoms with E-state index in [4.69, 9.17) is 23.2 Å². The second kappa shape index (κ2) is 7.93. The molecule has 132 valence electrons. The molecule has 4 nitrogen and oxygen atoms in total. The summed E-state index contributed by atoms with van der Waals surface area (Å²) in [6.45, 7) is 2.97. The molecular weight excluding hydrogens is 364 g/mol. The Kier molecular flexibility index (Phi) is 5.66. The second-order valence-corrected chi connectivity index (χ2v) is 6.67. The molecule has 7 heteroatoms. The van der Waals surface area contributed by atoms with Gasteiger partial charge >= 0.3 is 0 Å². The van der Waals surface area contributed by atoms with Crippen LogP contribution in [0.4, 0.5) is 15.8 Å². The monoisotopic (exact) mass is 381 g/mol. The lowest BCUT2D eigenvalue weighted by molar-refractivity contribution is -0.129. The van der Waals surface area contributed by atoms with Gasteiger partial charge in [0.2, 0.25) is 5.91 Å². The lowest BCUT2D eigenvalue weighted by Gasteiger charge is -2.36. The molecule has 1 aliphatic rings. The van der Waals surface area contributed by atoms with Gasteiger partial charge in [0.05, 0.1) is 11.6 Å². The highest BCUT2D eigenvalue weighted by Gasteiger charge is 2.21. The van der Waals surface area contributed by atoms with E-state index in [0.29, 0.717) is 23.8 Å². The van der Waals surface area contributed by atoms with Gasteiger partial charge in [-0.15, -0.1) is 0 Å². The molecule has 2 aromatic rings. The number of carbonyl (C=O) groups is 1. The molecule has 1 N–H and O–H groups in total. The Morgan fingerprint density at radius 1 is 1.08 bits per heavy atom. The highest BCUT2D eigenvalue weighted by atomic mass is 35.5.